The summed E-state index contributed by atoms with van der Waals surface area (Å²) >= 11 is 0. The summed E-state index contributed by atoms with van der Waals surface area (Å²) in [5, 5.41) is 6.48. The Bertz CT molecular complexity index is 1140. The van der Waals surface area contributed by atoms with Crippen LogP contribution in [0.15, 0.2) is 60.7 Å². The van der Waals surface area contributed by atoms with E-state index in [0.717, 1.165) is 22.8 Å². The molecule has 0 fully saturated rings. The third-order valence-electron chi connectivity index (χ3n) is 6.23. The second-order valence-corrected chi connectivity index (χ2v) is 9.33. The molecule has 176 valence electrons. The number of amides is 1. The summed E-state index contributed by atoms with van der Waals surface area (Å²) < 4.78 is 0. The van der Waals surface area contributed by atoms with E-state index in [1.54, 1.807) is 0 Å². The van der Waals surface area contributed by atoms with E-state index >= 15 is 0 Å². The molecule has 2 aliphatic rings. The first-order chi connectivity index (χ1) is 16.6. The molecule has 0 spiro atoms. The van der Waals surface area contributed by atoms with Crippen molar-refractivity contribution < 1.29 is 4.79 Å². The van der Waals surface area contributed by atoms with E-state index in [2.05, 4.69) is 64.5 Å². The first-order valence-electron chi connectivity index (χ1n) is 11.9. The fraction of sp³-hybridized carbons (Fsp3) is 0.346. The lowest BCUT2D eigenvalue weighted by Gasteiger charge is -2.37. The quantitative estimate of drug-likeness (QED) is 0.412. The van der Waals surface area contributed by atoms with Gasteiger partial charge in [-0.15, -0.1) is 0 Å². The fourth-order valence-electron chi connectivity index (χ4n) is 4.50. The predicted molar refractivity (Wildman–Crippen MR) is 134 cm³/mol. The lowest BCUT2D eigenvalue weighted by molar-refractivity contribution is -0.125. The molecule has 5 rings (SSSR count). The van der Waals surface area contributed by atoms with Gasteiger partial charge in [-0.05, 0) is 17.0 Å². The van der Waals surface area contributed by atoms with Gasteiger partial charge in [-0.2, -0.15) is 9.97 Å². The van der Waals surface area contributed by atoms with Crippen molar-refractivity contribution in [2.45, 2.75) is 33.0 Å². The standard InChI is InChI=1S/C26H31N7O/c1-17(2)13-27-25(34)20-16-33(15-19-11-7-4-8-12-19)24-21-22(20)31-32-23(21)29-26(30-24)28-14-18-9-5-3-6-10-18/h3-12,17,20,22,31H,13-16H2,1-2H3,(H,27,34)(H2,28,29,30,32). The van der Waals surface area contributed by atoms with Crippen LogP contribution in [-0.4, -0.2) is 29.0 Å². The zero-order valence-electron chi connectivity index (χ0n) is 19.6. The number of nitrogens with zero attached hydrogens (tertiary/aromatic N) is 3. The topological polar surface area (TPSA) is 94.2 Å². The molecule has 0 saturated carbocycles. The van der Waals surface area contributed by atoms with Crippen LogP contribution < -0.4 is 26.4 Å². The highest BCUT2D eigenvalue weighted by molar-refractivity contribution is 5.83. The molecular weight excluding hydrogens is 426 g/mol. The van der Waals surface area contributed by atoms with Crippen molar-refractivity contribution in [2.24, 2.45) is 11.8 Å². The van der Waals surface area contributed by atoms with Gasteiger partial charge >= 0.3 is 0 Å². The normalized spacial score (nSPS) is 18.4. The fourth-order valence-corrected chi connectivity index (χ4v) is 4.50. The minimum absolute atomic E-state index is 0.0517. The third-order valence-corrected chi connectivity index (χ3v) is 6.23. The number of aromatic nitrogens is 2. The van der Waals surface area contributed by atoms with Crippen LogP contribution in [-0.2, 0) is 17.9 Å². The Morgan fingerprint density at radius 1 is 1.06 bits per heavy atom. The molecule has 0 radical (unpaired) electrons. The molecule has 4 N–H and O–H groups in total. The van der Waals surface area contributed by atoms with Crippen LogP contribution >= 0.6 is 0 Å². The summed E-state index contributed by atoms with van der Waals surface area (Å²) in [6, 6.07) is 20.3. The van der Waals surface area contributed by atoms with Crippen molar-refractivity contribution in [3.05, 3.63) is 77.4 Å². The molecule has 0 saturated heterocycles. The van der Waals surface area contributed by atoms with Gasteiger partial charge in [0, 0.05) is 26.2 Å². The van der Waals surface area contributed by atoms with Crippen molar-refractivity contribution in [2.75, 3.05) is 28.7 Å². The number of benzene rings is 2. The molecule has 8 heteroatoms. The van der Waals surface area contributed by atoms with E-state index in [1.807, 2.05) is 36.4 Å². The lowest BCUT2D eigenvalue weighted by Crippen LogP contribution is -2.48. The van der Waals surface area contributed by atoms with Crippen LogP contribution in [0.25, 0.3) is 0 Å². The van der Waals surface area contributed by atoms with Gasteiger partial charge in [-0.1, -0.05) is 74.5 Å². The Morgan fingerprint density at radius 3 is 2.47 bits per heavy atom. The van der Waals surface area contributed by atoms with E-state index in [4.69, 9.17) is 9.97 Å². The second kappa shape index (κ2) is 9.69. The number of hydrogen-bond donors (Lipinski definition) is 4. The summed E-state index contributed by atoms with van der Waals surface area (Å²) in [4.78, 5) is 25.0. The maximum Gasteiger partial charge on any atom is 0.226 e. The Morgan fingerprint density at radius 2 is 1.76 bits per heavy atom. The first-order valence-corrected chi connectivity index (χ1v) is 11.9. The predicted octanol–water partition coefficient (Wildman–Crippen LogP) is 3.47. The van der Waals surface area contributed by atoms with E-state index in [-0.39, 0.29) is 17.9 Å². The highest BCUT2D eigenvalue weighted by Crippen LogP contribution is 2.44. The van der Waals surface area contributed by atoms with Crippen LogP contribution in [0.2, 0.25) is 0 Å². The van der Waals surface area contributed by atoms with Crippen molar-refractivity contribution >= 4 is 23.5 Å². The summed E-state index contributed by atoms with van der Waals surface area (Å²) in [6.45, 7) is 6.73. The van der Waals surface area contributed by atoms with Gasteiger partial charge in [0.1, 0.15) is 5.82 Å². The number of hydrazine groups is 1. The van der Waals surface area contributed by atoms with Gasteiger partial charge in [0.25, 0.3) is 0 Å². The zero-order chi connectivity index (χ0) is 23.5. The average molecular weight is 458 g/mol. The smallest absolute Gasteiger partial charge is 0.226 e. The maximum absolute atomic E-state index is 13.2. The Labute approximate surface area is 200 Å². The second-order valence-electron chi connectivity index (χ2n) is 9.33. The molecule has 2 aliphatic heterocycles. The molecule has 8 nitrogen and oxygen atoms in total. The first kappa shape index (κ1) is 22.2. The molecule has 0 aliphatic carbocycles. The molecule has 34 heavy (non-hydrogen) atoms. The maximum atomic E-state index is 13.2. The van der Waals surface area contributed by atoms with Gasteiger partial charge in [0.2, 0.25) is 11.9 Å². The number of rotatable bonds is 8. The van der Waals surface area contributed by atoms with Gasteiger partial charge < -0.3 is 21.0 Å². The highest BCUT2D eigenvalue weighted by atomic mass is 16.2. The van der Waals surface area contributed by atoms with Crippen molar-refractivity contribution in [3.63, 3.8) is 0 Å². The Balaban J connectivity index is 1.45. The van der Waals surface area contributed by atoms with Gasteiger partial charge in [-0.3, -0.25) is 4.79 Å². The molecule has 1 aromatic heterocycles. The lowest BCUT2D eigenvalue weighted by atomic mass is 9.89. The van der Waals surface area contributed by atoms with Crippen LogP contribution in [0.1, 0.15) is 36.6 Å². The van der Waals surface area contributed by atoms with Crippen molar-refractivity contribution in [3.8, 4) is 0 Å². The minimum atomic E-state index is -0.254. The minimum Gasteiger partial charge on any atom is -0.355 e. The number of hydrogen-bond acceptors (Lipinski definition) is 7. The SMILES string of the molecule is CC(C)CNC(=O)C1CN(Cc2ccccc2)c2nc(NCc3ccccc3)nc3c2C1NN3. The van der Waals surface area contributed by atoms with Crippen LogP contribution in [0.4, 0.5) is 17.6 Å². The Kier molecular flexibility index (Phi) is 6.31. The average Bonchev–Trinajstić information content (AvgIpc) is 3.28. The molecule has 2 unspecified atom stereocenters. The van der Waals surface area contributed by atoms with E-state index in [0.29, 0.717) is 38.0 Å². The summed E-state index contributed by atoms with van der Waals surface area (Å²) in [5.41, 5.74) is 9.80. The number of carbonyl (C=O) groups is 1. The molecule has 0 bridgehead atoms. The number of nitrogens with one attached hydrogen (secondary N) is 4. The largest absolute Gasteiger partial charge is 0.355 e. The van der Waals surface area contributed by atoms with Crippen LogP contribution in [0, 0.1) is 11.8 Å². The molecule has 3 heterocycles. The Hall–Kier alpha value is -3.65. The zero-order valence-corrected chi connectivity index (χ0v) is 19.6. The number of carbonyl (C=O) groups excluding carboxylic acids is 1. The monoisotopic (exact) mass is 457 g/mol. The van der Waals surface area contributed by atoms with Crippen LogP contribution in [0.5, 0.6) is 0 Å². The summed E-state index contributed by atoms with van der Waals surface area (Å²) in [5.74, 6) is 2.34. The molecule has 3 aromatic rings. The third kappa shape index (κ3) is 4.68. The van der Waals surface area contributed by atoms with Gasteiger partial charge in [0.15, 0.2) is 5.82 Å². The molecule has 2 atom stereocenters. The van der Waals surface area contributed by atoms with E-state index in [9.17, 15) is 4.79 Å². The molecule has 1 amide bonds. The number of anilines is 3. The summed E-state index contributed by atoms with van der Waals surface area (Å²) in [6.07, 6.45) is 0. The highest BCUT2D eigenvalue weighted by Gasteiger charge is 2.44. The molecule has 2 aromatic carbocycles. The van der Waals surface area contributed by atoms with Crippen LogP contribution in [0.3, 0.4) is 0 Å². The van der Waals surface area contributed by atoms with Crippen molar-refractivity contribution in [1.29, 1.82) is 0 Å². The van der Waals surface area contributed by atoms with E-state index < -0.39 is 0 Å². The van der Waals surface area contributed by atoms with E-state index in [1.165, 1.54) is 5.56 Å². The van der Waals surface area contributed by atoms with Gasteiger partial charge in [0.05, 0.1) is 17.5 Å². The van der Waals surface area contributed by atoms with Gasteiger partial charge in [-0.25, -0.2) is 5.43 Å². The van der Waals surface area contributed by atoms with Crippen molar-refractivity contribution in [1.82, 2.24) is 20.7 Å². The molecular formula is C26H31N7O. The summed E-state index contributed by atoms with van der Waals surface area (Å²) in [7, 11) is 0.